The van der Waals surface area contributed by atoms with Gasteiger partial charge in [0.05, 0.1) is 0 Å². The zero-order chi connectivity index (χ0) is 29.0. The van der Waals surface area contributed by atoms with Crippen molar-refractivity contribution in [2.24, 2.45) is 0 Å². The van der Waals surface area contributed by atoms with E-state index in [9.17, 15) is 0 Å². The van der Waals surface area contributed by atoms with Crippen LogP contribution in [0.5, 0.6) is 0 Å². The molecule has 0 aromatic heterocycles. The number of fused-ring (bicyclic) bond motifs is 9. The molecule has 0 aliphatic heterocycles. The summed E-state index contributed by atoms with van der Waals surface area (Å²) >= 11 is 0. The molecule has 0 saturated carbocycles. The zero-order valence-electron chi connectivity index (χ0n) is 24.2. The lowest BCUT2D eigenvalue weighted by Crippen LogP contribution is -1.86. The van der Waals surface area contributed by atoms with Gasteiger partial charge in [-0.1, -0.05) is 158 Å². The standard InChI is InChI=1S/C44H28/c1-2-10-35-34(9-1)28-43(40-15-7-3-11-36(35)40)32-23-21-30(22-24-32)29-17-19-31(20-18-29)33-25-26-42-39-14-5-4-12-37(39)38-13-6-8-16-41(38)44(42)27-33/h1-28H. The van der Waals surface area contributed by atoms with Gasteiger partial charge in [-0.25, -0.2) is 0 Å². The second kappa shape index (κ2) is 9.93. The molecule has 0 unspecified atom stereocenters. The van der Waals surface area contributed by atoms with Crippen LogP contribution in [0.4, 0.5) is 0 Å². The summed E-state index contributed by atoms with van der Waals surface area (Å²) in [6.07, 6.45) is 0. The molecule has 0 aliphatic rings. The molecule has 9 aromatic carbocycles. The van der Waals surface area contributed by atoms with Gasteiger partial charge in [0, 0.05) is 0 Å². The van der Waals surface area contributed by atoms with Crippen LogP contribution in [0.1, 0.15) is 0 Å². The second-order valence-corrected chi connectivity index (χ2v) is 11.7. The Labute approximate surface area is 256 Å². The van der Waals surface area contributed by atoms with Gasteiger partial charge in [0.15, 0.2) is 0 Å². The lowest BCUT2D eigenvalue weighted by atomic mass is 9.91. The molecule has 0 atom stereocenters. The Morgan fingerprint density at radius 2 is 0.568 bits per heavy atom. The first-order chi connectivity index (χ1) is 21.8. The molecule has 204 valence electrons. The van der Waals surface area contributed by atoms with Crippen molar-refractivity contribution in [1.82, 2.24) is 0 Å². The van der Waals surface area contributed by atoms with Crippen LogP contribution in [0.25, 0.3) is 87.2 Å². The van der Waals surface area contributed by atoms with Gasteiger partial charge in [-0.15, -0.1) is 0 Å². The lowest BCUT2D eigenvalue weighted by Gasteiger charge is -2.13. The summed E-state index contributed by atoms with van der Waals surface area (Å²) in [6, 6.07) is 62.2. The van der Waals surface area contributed by atoms with E-state index in [0.717, 1.165) is 0 Å². The normalized spacial score (nSPS) is 11.6. The highest BCUT2D eigenvalue weighted by Gasteiger charge is 2.11. The highest BCUT2D eigenvalue weighted by Crippen LogP contribution is 2.38. The van der Waals surface area contributed by atoms with Gasteiger partial charge in [0.1, 0.15) is 0 Å². The number of hydrogen-bond donors (Lipinski definition) is 0. The van der Waals surface area contributed by atoms with Crippen molar-refractivity contribution < 1.29 is 0 Å². The van der Waals surface area contributed by atoms with Gasteiger partial charge in [-0.05, 0) is 99.4 Å². The van der Waals surface area contributed by atoms with E-state index in [1.54, 1.807) is 0 Å². The SMILES string of the molecule is c1ccc2c(c1)cc(-c1ccc(-c3ccc(-c4ccc5c6ccccc6c6ccccc6c5c4)cc3)cc1)c1ccccc12. The van der Waals surface area contributed by atoms with Crippen LogP contribution in [0, 0.1) is 0 Å². The first kappa shape index (κ1) is 24.8. The highest BCUT2D eigenvalue weighted by atomic mass is 14.1. The molecule has 0 fully saturated rings. The number of hydrogen-bond acceptors (Lipinski definition) is 0. The fourth-order valence-electron chi connectivity index (χ4n) is 7.08. The van der Waals surface area contributed by atoms with E-state index in [2.05, 4.69) is 170 Å². The molecule has 0 heteroatoms. The molecule has 0 spiro atoms. The van der Waals surface area contributed by atoms with Crippen LogP contribution in [-0.2, 0) is 0 Å². The maximum absolute atomic E-state index is 2.36. The largest absolute Gasteiger partial charge is 0.0616 e. The minimum Gasteiger partial charge on any atom is -0.0616 e. The van der Waals surface area contributed by atoms with Crippen molar-refractivity contribution in [3.63, 3.8) is 0 Å². The minimum atomic E-state index is 1.22. The van der Waals surface area contributed by atoms with E-state index in [1.807, 2.05) is 0 Å². The molecule has 0 aliphatic carbocycles. The topological polar surface area (TPSA) is 0 Å². The van der Waals surface area contributed by atoms with E-state index in [1.165, 1.54) is 87.2 Å². The van der Waals surface area contributed by atoms with E-state index >= 15 is 0 Å². The Hall–Kier alpha value is -5.72. The molecule has 9 aromatic rings. The number of benzene rings is 9. The summed E-state index contributed by atoms with van der Waals surface area (Å²) in [6.45, 7) is 0. The average molecular weight is 557 g/mol. The average Bonchev–Trinajstić information content (AvgIpc) is 3.11. The summed E-state index contributed by atoms with van der Waals surface area (Å²) in [7, 11) is 0. The summed E-state index contributed by atoms with van der Waals surface area (Å²) in [4.78, 5) is 0. The van der Waals surface area contributed by atoms with Crippen molar-refractivity contribution in [1.29, 1.82) is 0 Å². The van der Waals surface area contributed by atoms with Crippen LogP contribution >= 0.6 is 0 Å². The van der Waals surface area contributed by atoms with Gasteiger partial charge >= 0.3 is 0 Å². The van der Waals surface area contributed by atoms with Crippen molar-refractivity contribution in [3.8, 4) is 33.4 Å². The van der Waals surface area contributed by atoms with Crippen LogP contribution < -0.4 is 0 Å². The molecule has 0 saturated heterocycles. The maximum atomic E-state index is 2.36. The molecule has 0 nitrogen and oxygen atoms in total. The monoisotopic (exact) mass is 556 g/mol. The first-order valence-electron chi connectivity index (χ1n) is 15.3. The van der Waals surface area contributed by atoms with Crippen molar-refractivity contribution >= 4 is 53.9 Å². The van der Waals surface area contributed by atoms with Crippen molar-refractivity contribution in [2.45, 2.75) is 0 Å². The van der Waals surface area contributed by atoms with Crippen LogP contribution in [0.15, 0.2) is 170 Å². The Morgan fingerprint density at radius 3 is 1.14 bits per heavy atom. The highest BCUT2D eigenvalue weighted by molar-refractivity contribution is 6.25. The third-order valence-electron chi connectivity index (χ3n) is 9.26. The Balaban J connectivity index is 1.08. The summed E-state index contributed by atoms with van der Waals surface area (Å²) in [5.74, 6) is 0. The maximum Gasteiger partial charge on any atom is -0.00928 e. The summed E-state index contributed by atoms with van der Waals surface area (Å²) < 4.78 is 0. The van der Waals surface area contributed by atoms with Gasteiger partial charge in [0.25, 0.3) is 0 Å². The van der Waals surface area contributed by atoms with Gasteiger partial charge in [0.2, 0.25) is 0 Å². The minimum absolute atomic E-state index is 1.22. The van der Waals surface area contributed by atoms with E-state index in [-0.39, 0.29) is 0 Å². The fourth-order valence-corrected chi connectivity index (χ4v) is 7.08. The van der Waals surface area contributed by atoms with Crippen LogP contribution in [0.2, 0.25) is 0 Å². The Kier molecular flexibility index (Phi) is 5.61. The molecule has 0 bridgehead atoms. The van der Waals surface area contributed by atoms with E-state index in [4.69, 9.17) is 0 Å². The summed E-state index contributed by atoms with van der Waals surface area (Å²) in [5, 5.41) is 13.0. The third kappa shape index (κ3) is 3.92. The molecule has 0 N–H and O–H groups in total. The predicted octanol–water partition coefficient (Wildman–Crippen LogP) is 12.5. The zero-order valence-corrected chi connectivity index (χ0v) is 24.2. The third-order valence-corrected chi connectivity index (χ3v) is 9.26. The van der Waals surface area contributed by atoms with Crippen LogP contribution in [0.3, 0.4) is 0 Å². The lowest BCUT2D eigenvalue weighted by molar-refractivity contribution is 1.59. The van der Waals surface area contributed by atoms with Gasteiger partial charge in [-0.2, -0.15) is 0 Å². The molecule has 0 heterocycles. The fraction of sp³-hybridized carbons (Fsp3) is 0. The van der Waals surface area contributed by atoms with Crippen molar-refractivity contribution in [3.05, 3.63) is 170 Å². The van der Waals surface area contributed by atoms with Gasteiger partial charge < -0.3 is 0 Å². The first-order valence-corrected chi connectivity index (χ1v) is 15.3. The smallest absolute Gasteiger partial charge is 0.00928 e. The number of rotatable bonds is 3. The van der Waals surface area contributed by atoms with Gasteiger partial charge in [-0.3, -0.25) is 0 Å². The molecule has 44 heavy (non-hydrogen) atoms. The Bertz CT molecular complexity index is 2480. The van der Waals surface area contributed by atoms with Crippen molar-refractivity contribution in [2.75, 3.05) is 0 Å². The molecule has 9 rings (SSSR count). The molecular formula is C44H28. The molecule has 0 amide bonds. The van der Waals surface area contributed by atoms with E-state index < -0.39 is 0 Å². The predicted molar refractivity (Wildman–Crippen MR) is 190 cm³/mol. The molecule has 0 radical (unpaired) electrons. The Morgan fingerprint density at radius 1 is 0.205 bits per heavy atom. The van der Waals surface area contributed by atoms with Crippen LogP contribution in [-0.4, -0.2) is 0 Å². The quantitative estimate of drug-likeness (QED) is 0.190. The second-order valence-electron chi connectivity index (χ2n) is 11.7. The summed E-state index contributed by atoms with van der Waals surface area (Å²) in [5.41, 5.74) is 7.43. The molecular weight excluding hydrogens is 528 g/mol. The van der Waals surface area contributed by atoms with E-state index in [0.29, 0.717) is 0 Å².